The van der Waals surface area contributed by atoms with Crippen molar-refractivity contribution in [2.24, 2.45) is 0 Å². The van der Waals surface area contributed by atoms with E-state index in [0.717, 1.165) is 12.6 Å². The molecule has 2 aliphatic heterocycles. The van der Waals surface area contributed by atoms with Crippen LogP contribution in [-0.2, 0) is 0 Å². The molecule has 4 rings (SSSR count). The van der Waals surface area contributed by atoms with Gasteiger partial charge < -0.3 is 10.0 Å². The van der Waals surface area contributed by atoms with Gasteiger partial charge in [0, 0.05) is 25.4 Å². The predicted molar refractivity (Wildman–Crippen MR) is 94.2 cm³/mol. The molecule has 2 bridgehead atoms. The average Bonchev–Trinajstić information content (AvgIpc) is 3.06. The average molecular weight is 370 g/mol. The third kappa shape index (κ3) is 2.88. The Bertz CT molecular complexity index is 964. The summed E-state index contributed by atoms with van der Waals surface area (Å²) in [6.45, 7) is 1.33. The first-order valence-electron chi connectivity index (χ1n) is 8.14. The monoisotopic (exact) mass is 370 g/mol. The number of amides is 2. The largest absolute Gasteiger partial charge is 0.477 e. The third-order valence-electron chi connectivity index (χ3n) is 4.58. The molecule has 11 nitrogen and oxygen atoms in total. The van der Waals surface area contributed by atoms with Gasteiger partial charge in [0.25, 0.3) is 5.69 Å². The molecule has 138 valence electrons. The molecule has 4 heterocycles. The van der Waals surface area contributed by atoms with Crippen molar-refractivity contribution < 1.29 is 19.6 Å². The molecule has 0 aromatic carbocycles. The first-order chi connectivity index (χ1) is 12.9. The summed E-state index contributed by atoms with van der Waals surface area (Å²) in [5, 5.41) is 22.6. The molecule has 2 aliphatic rings. The van der Waals surface area contributed by atoms with Crippen molar-refractivity contribution in [1.82, 2.24) is 9.97 Å². The van der Waals surface area contributed by atoms with Crippen molar-refractivity contribution in [3.63, 3.8) is 0 Å². The van der Waals surface area contributed by atoms with Gasteiger partial charge in [-0.25, -0.2) is 19.6 Å². The van der Waals surface area contributed by atoms with Crippen LogP contribution in [0, 0.1) is 10.1 Å². The number of carboxylic acid groups (broad SMARTS) is 1. The summed E-state index contributed by atoms with van der Waals surface area (Å²) >= 11 is 0. The number of aromatic nitrogens is 2. The Morgan fingerprint density at radius 3 is 2.89 bits per heavy atom. The predicted octanol–water partition coefficient (Wildman–Crippen LogP) is 1.71. The van der Waals surface area contributed by atoms with Crippen LogP contribution in [-0.4, -0.2) is 51.1 Å². The highest BCUT2D eigenvalue weighted by Gasteiger charge is 2.40. The SMILES string of the molecule is O=C(O)c1ccc2c(n1)N(C(=O)Nc1cc([N+](=O)[O-])ccn1)[C@H]1CCN2C1. The van der Waals surface area contributed by atoms with Crippen LogP contribution in [0.3, 0.4) is 0 Å². The zero-order chi connectivity index (χ0) is 19.1. The van der Waals surface area contributed by atoms with E-state index in [-0.39, 0.29) is 29.1 Å². The van der Waals surface area contributed by atoms with Crippen molar-refractivity contribution in [3.8, 4) is 0 Å². The minimum Gasteiger partial charge on any atom is -0.477 e. The maximum Gasteiger partial charge on any atom is 0.354 e. The van der Waals surface area contributed by atoms with Gasteiger partial charge in [-0.15, -0.1) is 0 Å². The molecule has 11 heteroatoms. The maximum atomic E-state index is 12.9. The molecule has 0 saturated carbocycles. The Balaban J connectivity index is 1.68. The number of hydrogen-bond acceptors (Lipinski definition) is 7. The number of nitrogens with zero attached hydrogens (tertiary/aromatic N) is 5. The first-order valence-corrected chi connectivity index (χ1v) is 8.14. The van der Waals surface area contributed by atoms with Gasteiger partial charge in [0.15, 0.2) is 11.5 Å². The van der Waals surface area contributed by atoms with E-state index in [4.69, 9.17) is 0 Å². The zero-order valence-electron chi connectivity index (χ0n) is 13.9. The van der Waals surface area contributed by atoms with Gasteiger partial charge in [0.1, 0.15) is 5.82 Å². The van der Waals surface area contributed by atoms with Gasteiger partial charge in [0.2, 0.25) is 0 Å². The fourth-order valence-electron chi connectivity index (χ4n) is 3.36. The van der Waals surface area contributed by atoms with Crippen LogP contribution in [0.25, 0.3) is 0 Å². The fraction of sp³-hybridized carbons (Fsp3) is 0.250. The number of carbonyl (C=O) groups excluding carboxylic acids is 1. The summed E-state index contributed by atoms with van der Waals surface area (Å²) in [6, 6.07) is 4.68. The van der Waals surface area contributed by atoms with Crippen molar-refractivity contribution >= 4 is 35.0 Å². The quantitative estimate of drug-likeness (QED) is 0.614. The molecule has 1 fully saturated rings. The highest BCUT2D eigenvalue weighted by molar-refractivity contribution is 6.04. The molecular weight excluding hydrogens is 356 g/mol. The lowest BCUT2D eigenvalue weighted by molar-refractivity contribution is -0.384. The third-order valence-corrected chi connectivity index (χ3v) is 4.58. The van der Waals surface area contributed by atoms with Crippen LogP contribution in [0.1, 0.15) is 16.9 Å². The molecule has 1 atom stereocenters. The summed E-state index contributed by atoms with van der Waals surface area (Å²) in [6.07, 6.45) is 1.94. The summed E-state index contributed by atoms with van der Waals surface area (Å²) in [5.41, 5.74) is 0.316. The first kappa shape index (κ1) is 16.7. The van der Waals surface area contributed by atoms with E-state index in [2.05, 4.69) is 15.3 Å². The Morgan fingerprint density at radius 2 is 2.15 bits per heavy atom. The van der Waals surface area contributed by atoms with E-state index in [1.165, 1.54) is 23.2 Å². The number of aromatic carboxylic acids is 1. The van der Waals surface area contributed by atoms with E-state index < -0.39 is 16.9 Å². The number of carbonyl (C=O) groups is 2. The molecule has 2 amide bonds. The van der Waals surface area contributed by atoms with E-state index >= 15 is 0 Å². The van der Waals surface area contributed by atoms with Gasteiger partial charge in [-0.3, -0.25) is 20.3 Å². The van der Waals surface area contributed by atoms with Crippen LogP contribution < -0.4 is 15.1 Å². The number of nitrogens with one attached hydrogen (secondary N) is 1. The molecule has 0 unspecified atom stereocenters. The van der Waals surface area contributed by atoms with E-state index in [9.17, 15) is 24.8 Å². The standard InChI is InChI=1S/C16H14N6O5/c23-15(24)11-1-2-12-14(18-11)21(10-4-6-20(12)8-10)16(25)19-13-7-9(22(26)27)3-5-17-13/h1-3,5,7,10H,4,6,8H2,(H,23,24)(H,17,19,25)/t10-/m0/s1. The zero-order valence-corrected chi connectivity index (χ0v) is 13.9. The molecule has 2 aromatic heterocycles. The van der Waals surface area contributed by atoms with Crippen LogP contribution in [0.4, 0.5) is 27.8 Å². The molecular formula is C16H14N6O5. The lowest BCUT2D eigenvalue weighted by atomic mass is 10.2. The number of rotatable bonds is 3. The number of pyridine rings is 2. The molecule has 2 aromatic rings. The van der Waals surface area contributed by atoms with Gasteiger partial charge in [-0.1, -0.05) is 0 Å². The molecule has 2 N–H and O–H groups in total. The molecule has 1 saturated heterocycles. The Labute approximate surface area is 152 Å². The summed E-state index contributed by atoms with van der Waals surface area (Å²) in [4.78, 5) is 46.0. The number of hydrogen-bond donors (Lipinski definition) is 2. The van der Waals surface area contributed by atoms with Crippen LogP contribution in [0.5, 0.6) is 0 Å². The van der Waals surface area contributed by atoms with Gasteiger partial charge in [0.05, 0.1) is 22.7 Å². The summed E-state index contributed by atoms with van der Waals surface area (Å²) < 4.78 is 0. The normalized spacial score (nSPS) is 17.4. The number of anilines is 3. The Kier molecular flexibility index (Phi) is 3.83. The van der Waals surface area contributed by atoms with Gasteiger partial charge >= 0.3 is 12.0 Å². The second-order valence-corrected chi connectivity index (χ2v) is 6.19. The summed E-state index contributed by atoms with van der Waals surface area (Å²) in [5.74, 6) is -0.899. The highest BCUT2D eigenvalue weighted by atomic mass is 16.6. The topological polar surface area (TPSA) is 142 Å². The number of carboxylic acids is 1. The number of fused-ring (bicyclic) bond motifs is 4. The van der Waals surface area contributed by atoms with Gasteiger partial charge in [-0.05, 0) is 18.6 Å². The molecule has 27 heavy (non-hydrogen) atoms. The molecule has 0 radical (unpaired) electrons. The lowest BCUT2D eigenvalue weighted by Gasteiger charge is -2.35. The van der Waals surface area contributed by atoms with Crippen molar-refractivity contribution in [2.45, 2.75) is 12.5 Å². The lowest BCUT2D eigenvalue weighted by Crippen LogP contribution is -2.48. The minimum atomic E-state index is -1.19. The van der Waals surface area contributed by atoms with Crippen molar-refractivity contribution in [3.05, 3.63) is 46.3 Å². The second-order valence-electron chi connectivity index (χ2n) is 6.19. The van der Waals surface area contributed by atoms with Crippen molar-refractivity contribution in [2.75, 3.05) is 28.2 Å². The van der Waals surface area contributed by atoms with Crippen LogP contribution in [0.15, 0.2) is 30.5 Å². The maximum absolute atomic E-state index is 12.9. The smallest absolute Gasteiger partial charge is 0.354 e. The van der Waals surface area contributed by atoms with E-state index in [0.29, 0.717) is 18.7 Å². The van der Waals surface area contributed by atoms with Crippen LogP contribution >= 0.6 is 0 Å². The molecule has 0 spiro atoms. The van der Waals surface area contributed by atoms with E-state index in [1.54, 1.807) is 6.07 Å². The summed E-state index contributed by atoms with van der Waals surface area (Å²) in [7, 11) is 0. The van der Waals surface area contributed by atoms with Gasteiger partial charge in [-0.2, -0.15) is 0 Å². The van der Waals surface area contributed by atoms with E-state index in [1.807, 2.05) is 4.90 Å². The van der Waals surface area contributed by atoms with Crippen molar-refractivity contribution in [1.29, 1.82) is 0 Å². The highest BCUT2D eigenvalue weighted by Crippen LogP contribution is 2.39. The Morgan fingerprint density at radius 1 is 1.33 bits per heavy atom. The molecule has 0 aliphatic carbocycles. The second kappa shape index (κ2) is 6.20. The number of urea groups is 1. The minimum absolute atomic E-state index is 0.0329. The fourth-order valence-corrected chi connectivity index (χ4v) is 3.36. The number of nitro groups is 1. The Hall–Kier alpha value is -3.76. The van der Waals surface area contributed by atoms with Crippen LogP contribution in [0.2, 0.25) is 0 Å².